The zero-order chi connectivity index (χ0) is 29.5. The number of fused-ring (bicyclic) bond motifs is 1. The number of halogens is 6. The molecule has 0 spiro atoms. The molecular weight excluding hydrogens is 552 g/mol. The van der Waals surface area contributed by atoms with Crippen LogP contribution in [-0.2, 0) is 26.1 Å². The van der Waals surface area contributed by atoms with E-state index in [-0.39, 0.29) is 29.7 Å². The zero-order valence-corrected chi connectivity index (χ0v) is 22.5. The van der Waals surface area contributed by atoms with E-state index in [4.69, 9.17) is 0 Å². The monoisotopic (exact) mass is 579 g/mol. The molecule has 0 unspecified atom stereocenters. The molecule has 1 heterocycles. The van der Waals surface area contributed by atoms with Gasteiger partial charge >= 0.3 is 21.6 Å². The number of methoxy groups -OCH3 is 1. The van der Waals surface area contributed by atoms with Gasteiger partial charge in [0.1, 0.15) is 23.1 Å². The zero-order valence-electron chi connectivity index (χ0n) is 21.7. The van der Waals surface area contributed by atoms with Crippen LogP contribution < -0.4 is 4.18 Å². The van der Waals surface area contributed by atoms with Crippen LogP contribution in [0.1, 0.15) is 54.6 Å². The number of rotatable bonds is 7. The molecule has 0 saturated heterocycles. The molecule has 1 aliphatic heterocycles. The van der Waals surface area contributed by atoms with Crippen LogP contribution in [0, 0.1) is 18.6 Å². The molecule has 0 fully saturated rings. The molecule has 2 atom stereocenters. The molecule has 0 radical (unpaired) electrons. The van der Waals surface area contributed by atoms with E-state index in [0.717, 1.165) is 37.5 Å². The Hall–Kier alpha value is -3.06. The lowest BCUT2D eigenvalue weighted by Gasteiger charge is -2.44. The topological polar surface area (TPSA) is 72.9 Å². The van der Waals surface area contributed by atoms with E-state index in [1.807, 2.05) is 0 Å². The highest BCUT2D eigenvalue weighted by Crippen LogP contribution is 2.44. The highest BCUT2D eigenvalue weighted by molar-refractivity contribution is 7.88. The predicted molar refractivity (Wildman–Crippen MR) is 131 cm³/mol. The Morgan fingerprint density at radius 3 is 2.23 bits per heavy atom. The summed E-state index contributed by atoms with van der Waals surface area (Å²) in [4.78, 5) is 12.9. The van der Waals surface area contributed by atoms with Crippen molar-refractivity contribution in [2.45, 2.75) is 57.4 Å². The van der Waals surface area contributed by atoms with Gasteiger partial charge in [-0.2, -0.15) is 21.6 Å². The summed E-state index contributed by atoms with van der Waals surface area (Å²) in [6.45, 7) is 5.34. The fourth-order valence-corrected chi connectivity index (χ4v) is 5.09. The van der Waals surface area contributed by atoms with E-state index < -0.39 is 62.3 Å². The average molecular weight is 580 g/mol. The molecule has 214 valence electrons. The third-order valence-corrected chi connectivity index (χ3v) is 7.27. The van der Waals surface area contributed by atoms with Crippen LogP contribution in [0.15, 0.2) is 30.3 Å². The largest absolute Gasteiger partial charge is 0.534 e. The van der Waals surface area contributed by atoms with Crippen molar-refractivity contribution in [1.82, 2.24) is 4.90 Å². The van der Waals surface area contributed by atoms with Crippen molar-refractivity contribution in [1.29, 1.82) is 0 Å². The summed E-state index contributed by atoms with van der Waals surface area (Å²) in [7, 11) is -4.83. The van der Waals surface area contributed by atoms with E-state index in [2.05, 4.69) is 8.92 Å². The lowest BCUT2D eigenvalue weighted by Crippen LogP contribution is -2.48. The van der Waals surface area contributed by atoms with Crippen molar-refractivity contribution in [2.24, 2.45) is 0 Å². The highest BCUT2D eigenvalue weighted by atomic mass is 32.2. The maximum atomic E-state index is 15.5. The van der Waals surface area contributed by atoms with Crippen molar-refractivity contribution in [2.75, 3.05) is 13.7 Å². The van der Waals surface area contributed by atoms with Gasteiger partial charge in [0.05, 0.1) is 13.2 Å². The van der Waals surface area contributed by atoms with Crippen molar-refractivity contribution >= 4 is 22.2 Å². The van der Waals surface area contributed by atoms with E-state index in [9.17, 15) is 30.8 Å². The lowest BCUT2D eigenvalue weighted by atomic mass is 9.81. The summed E-state index contributed by atoms with van der Waals surface area (Å²) >= 11 is 0. The van der Waals surface area contributed by atoms with Crippen LogP contribution in [0.25, 0.3) is 6.08 Å². The van der Waals surface area contributed by atoms with Crippen LogP contribution in [0.2, 0.25) is 0 Å². The van der Waals surface area contributed by atoms with Crippen molar-refractivity contribution in [3.8, 4) is 5.75 Å². The van der Waals surface area contributed by atoms with E-state index >= 15 is 8.78 Å². The first-order valence-corrected chi connectivity index (χ1v) is 13.1. The molecule has 13 heteroatoms. The maximum Gasteiger partial charge on any atom is 0.534 e. The number of carbonyl (C=O) groups excluding carboxylic acids is 1. The first-order chi connectivity index (χ1) is 17.9. The summed E-state index contributed by atoms with van der Waals surface area (Å²) in [6.07, 6.45) is 2.24. The fourth-order valence-electron chi connectivity index (χ4n) is 4.58. The number of hydrogen-bond donors (Lipinski definition) is 0. The third kappa shape index (κ3) is 6.57. The second kappa shape index (κ2) is 10.8. The molecule has 0 N–H and O–H groups in total. The molecule has 0 bridgehead atoms. The molecule has 1 aliphatic rings. The highest BCUT2D eigenvalue weighted by Gasteiger charge is 2.49. The van der Waals surface area contributed by atoms with E-state index in [1.54, 1.807) is 11.8 Å². The van der Waals surface area contributed by atoms with Crippen LogP contribution in [0.5, 0.6) is 5.75 Å². The SMILES string of the molecule is COC(=O)/C=C/c1cc(F)c([C@@H]2c3ccc(OS(=O)(=O)C(F)(F)F)c(C)c3C[C@@H](C)N2CC(C)(C)F)c(F)c1. The van der Waals surface area contributed by atoms with Gasteiger partial charge in [0, 0.05) is 24.2 Å². The molecule has 0 aromatic heterocycles. The van der Waals surface area contributed by atoms with Crippen LogP contribution in [-0.4, -0.2) is 50.2 Å². The number of hydrogen-bond acceptors (Lipinski definition) is 6. The van der Waals surface area contributed by atoms with Gasteiger partial charge in [0.15, 0.2) is 0 Å². The van der Waals surface area contributed by atoms with Gasteiger partial charge in [0.2, 0.25) is 0 Å². The Bertz CT molecular complexity index is 1380. The number of carbonyl (C=O) groups is 1. The van der Waals surface area contributed by atoms with Gasteiger partial charge in [0.25, 0.3) is 0 Å². The fraction of sp³-hybridized carbons (Fsp3) is 0.423. The summed E-state index contributed by atoms with van der Waals surface area (Å²) < 4.78 is 117. The number of benzene rings is 2. The molecule has 3 rings (SSSR count). The first-order valence-electron chi connectivity index (χ1n) is 11.7. The Morgan fingerprint density at radius 1 is 1.13 bits per heavy atom. The number of nitrogens with zero attached hydrogens (tertiary/aromatic N) is 1. The number of ether oxygens (including phenoxy) is 1. The van der Waals surface area contributed by atoms with Gasteiger partial charge in [-0.15, -0.1) is 0 Å². The molecular formula is C26H27F6NO5S. The third-order valence-electron chi connectivity index (χ3n) is 6.31. The number of alkyl halides is 4. The molecule has 6 nitrogen and oxygen atoms in total. The van der Waals surface area contributed by atoms with Crippen LogP contribution in [0.3, 0.4) is 0 Å². The predicted octanol–water partition coefficient (Wildman–Crippen LogP) is 5.77. The molecule has 39 heavy (non-hydrogen) atoms. The van der Waals surface area contributed by atoms with Crippen molar-refractivity contribution < 1.29 is 48.5 Å². The summed E-state index contributed by atoms with van der Waals surface area (Å²) in [5.41, 5.74) is -7.28. The maximum absolute atomic E-state index is 15.5. The Morgan fingerprint density at radius 2 is 1.72 bits per heavy atom. The van der Waals surface area contributed by atoms with Crippen molar-refractivity contribution in [3.63, 3.8) is 0 Å². The molecule has 2 aromatic carbocycles. The van der Waals surface area contributed by atoms with Gasteiger partial charge in [-0.05, 0) is 80.6 Å². The first kappa shape index (κ1) is 30.5. The minimum Gasteiger partial charge on any atom is -0.466 e. The summed E-state index contributed by atoms with van der Waals surface area (Å²) in [5.74, 6) is -3.35. The lowest BCUT2D eigenvalue weighted by molar-refractivity contribution is -0.134. The second-order valence-electron chi connectivity index (χ2n) is 9.84. The minimum atomic E-state index is -5.97. The van der Waals surface area contributed by atoms with Gasteiger partial charge in [-0.1, -0.05) is 6.07 Å². The second-order valence-corrected chi connectivity index (χ2v) is 11.4. The standard InChI is InChI=1S/C26H27F6NO5S/c1-14-10-18-15(2)21(38-39(35,36)26(30,31)32)8-7-17(18)24(33(14)13-25(3,4)29)23-19(27)11-16(12-20(23)28)6-9-22(34)37-5/h6-9,11-12,14,24H,10,13H2,1-5H3/b9-6+/t14-,24+/m1/s1. The van der Waals surface area contributed by atoms with Gasteiger partial charge in [-0.3, -0.25) is 4.90 Å². The minimum absolute atomic E-state index is 0.0119. The van der Waals surface area contributed by atoms with Crippen LogP contribution in [0.4, 0.5) is 26.3 Å². The van der Waals surface area contributed by atoms with Gasteiger partial charge in [-0.25, -0.2) is 18.0 Å². The molecule has 0 saturated carbocycles. The summed E-state index contributed by atoms with van der Waals surface area (Å²) in [5, 5.41) is 0. The smallest absolute Gasteiger partial charge is 0.466 e. The molecule has 2 aromatic rings. The van der Waals surface area contributed by atoms with E-state index in [1.165, 1.54) is 26.8 Å². The van der Waals surface area contributed by atoms with Gasteiger partial charge < -0.3 is 8.92 Å². The summed E-state index contributed by atoms with van der Waals surface area (Å²) in [6, 6.07) is 2.38. The quantitative estimate of drug-likeness (QED) is 0.136. The Labute approximate surface area is 222 Å². The Kier molecular flexibility index (Phi) is 8.47. The normalized spacial score (nSPS) is 18.7. The average Bonchev–Trinajstić information content (AvgIpc) is 2.79. The Balaban J connectivity index is 2.20. The van der Waals surface area contributed by atoms with E-state index in [0.29, 0.717) is 5.56 Å². The van der Waals surface area contributed by atoms with Crippen molar-refractivity contribution in [3.05, 3.63) is 69.8 Å². The van der Waals surface area contributed by atoms with Crippen LogP contribution >= 0.6 is 0 Å². The molecule has 0 aliphatic carbocycles. The number of esters is 1. The molecule has 0 amide bonds.